The third-order valence-electron chi connectivity index (χ3n) is 8.19. The number of piperazine rings is 1. The van der Waals surface area contributed by atoms with Crippen molar-refractivity contribution in [1.82, 2.24) is 14.9 Å². The molecule has 3 aromatic rings. The van der Waals surface area contributed by atoms with Crippen LogP contribution in [0.1, 0.15) is 41.5 Å². The molecule has 0 bridgehead atoms. The minimum absolute atomic E-state index is 0.0791. The number of likely N-dealkylation sites (N-methyl/N-ethyl adjacent to an activating group) is 1. The summed E-state index contributed by atoms with van der Waals surface area (Å²) in [5, 5.41) is 13.4. The maximum atomic E-state index is 14.0. The Balaban J connectivity index is 1.41. The molecule has 5 rings (SSSR count). The van der Waals surface area contributed by atoms with Gasteiger partial charge in [-0.1, -0.05) is 18.2 Å². The van der Waals surface area contributed by atoms with Crippen molar-refractivity contribution < 1.29 is 19.4 Å². The van der Waals surface area contributed by atoms with Gasteiger partial charge in [0, 0.05) is 67.8 Å². The first-order valence-electron chi connectivity index (χ1n) is 14.8. The normalized spacial score (nSPS) is 15.5. The minimum atomic E-state index is -0.266. The van der Waals surface area contributed by atoms with Gasteiger partial charge in [0.2, 0.25) is 5.95 Å². The van der Waals surface area contributed by atoms with E-state index in [1.54, 1.807) is 16.0 Å². The van der Waals surface area contributed by atoms with Crippen LogP contribution >= 0.6 is 0 Å². The molecule has 1 aromatic heterocycles. The Bertz CT molecular complexity index is 1450. The van der Waals surface area contributed by atoms with E-state index < -0.39 is 0 Å². The number of benzene rings is 2. The molecular formula is C32H41N7O4. The van der Waals surface area contributed by atoms with E-state index >= 15 is 0 Å². The van der Waals surface area contributed by atoms with E-state index in [1.807, 2.05) is 50.2 Å². The lowest BCUT2D eigenvalue weighted by atomic mass is 10.1. The highest BCUT2D eigenvalue weighted by molar-refractivity contribution is 6.06. The molecule has 1 saturated heterocycles. The number of hydrogen-bond acceptors (Lipinski definition) is 9. The van der Waals surface area contributed by atoms with Crippen LogP contribution in [0, 0.1) is 13.8 Å². The number of aromatic nitrogens is 2. The van der Waals surface area contributed by atoms with Crippen LogP contribution in [0.4, 0.5) is 33.6 Å². The topological polar surface area (TPSA) is 114 Å². The zero-order valence-electron chi connectivity index (χ0n) is 25.5. The Morgan fingerprint density at radius 2 is 1.81 bits per heavy atom. The molecule has 43 heavy (non-hydrogen) atoms. The summed E-state index contributed by atoms with van der Waals surface area (Å²) < 4.78 is 4.78. The Morgan fingerprint density at radius 1 is 1.07 bits per heavy atom. The monoisotopic (exact) mass is 587 g/mol. The van der Waals surface area contributed by atoms with Crippen molar-refractivity contribution in [2.24, 2.45) is 0 Å². The number of carbonyl (C=O) groups excluding carboxylic acids is 2. The Kier molecular flexibility index (Phi) is 9.42. The van der Waals surface area contributed by atoms with Crippen LogP contribution in [0.25, 0.3) is 0 Å². The highest BCUT2D eigenvalue weighted by atomic mass is 16.5. The number of aliphatic hydroxyl groups is 1. The van der Waals surface area contributed by atoms with Crippen LogP contribution in [-0.2, 0) is 22.7 Å². The fraction of sp³-hybridized carbons (Fsp3) is 0.438. The van der Waals surface area contributed by atoms with E-state index in [4.69, 9.17) is 9.72 Å². The molecule has 2 N–H and O–H groups in total. The molecule has 0 atom stereocenters. The molecule has 2 aromatic carbocycles. The van der Waals surface area contributed by atoms with Crippen LogP contribution in [0.2, 0.25) is 0 Å². The lowest BCUT2D eigenvalue weighted by Gasteiger charge is -2.37. The highest BCUT2D eigenvalue weighted by Crippen LogP contribution is 2.35. The zero-order valence-corrected chi connectivity index (χ0v) is 25.5. The highest BCUT2D eigenvalue weighted by Gasteiger charge is 2.34. The first-order valence-corrected chi connectivity index (χ1v) is 14.8. The van der Waals surface area contributed by atoms with E-state index in [0.29, 0.717) is 44.1 Å². The number of aliphatic hydroxyl groups excluding tert-OH is 1. The summed E-state index contributed by atoms with van der Waals surface area (Å²) in [4.78, 5) is 43.1. The van der Waals surface area contributed by atoms with Gasteiger partial charge in [0.25, 0.3) is 0 Å². The number of unbranched alkanes of at least 4 members (excludes halogenated alkanes) is 1. The summed E-state index contributed by atoms with van der Waals surface area (Å²) in [6.45, 7) is 8.46. The lowest BCUT2D eigenvalue weighted by molar-refractivity contribution is -0.140. The molecule has 0 spiro atoms. The minimum Gasteiger partial charge on any atom is -0.469 e. The number of fused-ring (bicyclic) bond motifs is 1. The summed E-state index contributed by atoms with van der Waals surface area (Å²) in [6.07, 6.45) is 3.26. The van der Waals surface area contributed by atoms with Crippen LogP contribution in [0.5, 0.6) is 0 Å². The standard InChI is InChI=1S/C32H41N7O4/c1-22-8-7-9-23(2)29(22)39-20-25-19-33-31(35-30(25)38(32(39)42)13-6-5-10-28(41)43-4)34-26-11-12-27(24(18-26)21-40)37-16-14-36(3)15-17-37/h7-9,11-12,18-19,40H,5-6,10,13-17,20-21H2,1-4H3,(H,33,34,35). The van der Waals surface area contributed by atoms with Crippen molar-refractivity contribution in [3.05, 3.63) is 64.8 Å². The second-order valence-electron chi connectivity index (χ2n) is 11.3. The number of amides is 2. The molecule has 2 amide bonds. The van der Waals surface area contributed by atoms with Gasteiger partial charge in [-0.15, -0.1) is 0 Å². The van der Waals surface area contributed by atoms with E-state index in [1.165, 1.54) is 7.11 Å². The number of para-hydroxylation sites is 1. The first kappa shape index (κ1) is 30.2. The summed E-state index contributed by atoms with van der Waals surface area (Å²) in [7, 11) is 3.50. The summed E-state index contributed by atoms with van der Waals surface area (Å²) in [5.41, 5.74) is 6.37. The maximum Gasteiger partial charge on any atom is 0.330 e. The summed E-state index contributed by atoms with van der Waals surface area (Å²) in [6, 6.07) is 11.8. The lowest BCUT2D eigenvalue weighted by Crippen LogP contribution is -2.48. The predicted octanol–water partition coefficient (Wildman–Crippen LogP) is 4.37. The largest absolute Gasteiger partial charge is 0.469 e. The maximum absolute atomic E-state index is 14.0. The second kappa shape index (κ2) is 13.4. The molecule has 0 aliphatic carbocycles. The molecular weight excluding hydrogens is 546 g/mol. The van der Waals surface area contributed by atoms with Gasteiger partial charge < -0.3 is 25.0 Å². The number of urea groups is 1. The Morgan fingerprint density at radius 3 is 2.51 bits per heavy atom. The SMILES string of the molecule is COC(=O)CCCCN1C(=O)N(c2c(C)cccc2C)Cc2cnc(Nc3ccc(N4CCN(C)CC4)c(CO)c3)nc21. The van der Waals surface area contributed by atoms with Gasteiger partial charge in [-0.05, 0) is 63.1 Å². The molecule has 1 fully saturated rings. The summed E-state index contributed by atoms with van der Waals surface area (Å²) >= 11 is 0. The number of hydrogen-bond donors (Lipinski definition) is 2. The van der Waals surface area contributed by atoms with Gasteiger partial charge in [0.1, 0.15) is 5.82 Å². The molecule has 2 aliphatic heterocycles. The molecule has 2 aliphatic rings. The van der Waals surface area contributed by atoms with Crippen molar-refractivity contribution in [3.8, 4) is 0 Å². The molecule has 11 heteroatoms. The van der Waals surface area contributed by atoms with Gasteiger partial charge in [-0.3, -0.25) is 14.6 Å². The van der Waals surface area contributed by atoms with Crippen molar-refractivity contribution in [3.63, 3.8) is 0 Å². The molecule has 0 saturated carbocycles. The van der Waals surface area contributed by atoms with Gasteiger partial charge in [0.15, 0.2) is 0 Å². The predicted molar refractivity (Wildman–Crippen MR) is 168 cm³/mol. The van der Waals surface area contributed by atoms with Crippen molar-refractivity contribution in [1.29, 1.82) is 0 Å². The van der Waals surface area contributed by atoms with Crippen molar-refractivity contribution >= 4 is 40.8 Å². The Labute approximate surface area is 253 Å². The zero-order chi connectivity index (χ0) is 30.5. The van der Waals surface area contributed by atoms with Gasteiger partial charge in [0.05, 0.1) is 25.9 Å². The number of nitrogens with zero attached hydrogens (tertiary/aromatic N) is 6. The molecule has 11 nitrogen and oxygen atoms in total. The van der Waals surface area contributed by atoms with E-state index in [-0.39, 0.29) is 18.6 Å². The van der Waals surface area contributed by atoms with Gasteiger partial charge in [-0.25, -0.2) is 9.78 Å². The number of aryl methyl sites for hydroxylation is 2. The Hall–Kier alpha value is -4.22. The van der Waals surface area contributed by atoms with Crippen LogP contribution in [0.3, 0.4) is 0 Å². The van der Waals surface area contributed by atoms with Gasteiger partial charge >= 0.3 is 12.0 Å². The van der Waals surface area contributed by atoms with Crippen LogP contribution in [0.15, 0.2) is 42.6 Å². The molecule has 0 unspecified atom stereocenters. The quantitative estimate of drug-likeness (QED) is 0.264. The van der Waals surface area contributed by atoms with Crippen LogP contribution in [-0.4, -0.2) is 78.9 Å². The number of rotatable bonds is 10. The van der Waals surface area contributed by atoms with Crippen LogP contribution < -0.4 is 20.0 Å². The number of ether oxygens (including phenoxy) is 1. The van der Waals surface area contributed by atoms with E-state index in [2.05, 4.69) is 27.1 Å². The fourth-order valence-corrected chi connectivity index (χ4v) is 5.80. The summed E-state index contributed by atoms with van der Waals surface area (Å²) in [5.74, 6) is 0.652. The number of methoxy groups -OCH3 is 1. The number of carbonyl (C=O) groups is 2. The van der Waals surface area contributed by atoms with Crippen molar-refractivity contribution in [2.45, 2.75) is 46.3 Å². The van der Waals surface area contributed by atoms with E-state index in [0.717, 1.165) is 65.5 Å². The third-order valence-corrected chi connectivity index (χ3v) is 8.19. The molecule has 228 valence electrons. The molecule has 0 radical (unpaired) electrons. The second-order valence-corrected chi connectivity index (χ2v) is 11.3. The third kappa shape index (κ3) is 6.73. The molecule has 3 heterocycles. The first-order chi connectivity index (χ1) is 20.8. The average molecular weight is 588 g/mol. The number of anilines is 5. The fourth-order valence-electron chi connectivity index (χ4n) is 5.80. The number of nitrogens with one attached hydrogen (secondary N) is 1. The number of esters is 1. The van der Waals surface area contributed by atoms with Crippen molar-refractivity contribution in [2.75, 3.05) is 66.9 Å². The average Bonchev–Trinajstić information content (AvgIpc) is 3.01. The van der Waals surface area contributed by atoms with E-state index in [9.17, 15) is 14.7 Å². The van der Waals surface area contributed by atoms with Gasteiger partial charge in [-0.2, -0.15) is 4.98 Å². The smallest absolute Gasteiger partial charge is 0.330 e.